The number of pyridine rings is 1. The van der Waals surface area contributed by atoms with E-state index in [2.05, 4.69) is 4.98 Å². The average molecular weight is 257 g/mol. The predicted octanol–water partition coefficient (Wildman–Crippen LogP) is 3.32. The van der Waals surface area contributed by atoms with Crippen molar-refractivity contribution in [3.05, 3.63) is 32.5 Å². The molecule has 0 radical (unpaired) electrons. The lowest BCUT2D eigenvalue weighted by atomic mass is 10.2. The van der Waals surface area contributed by atoms with E-state index < -0.39 is 22.9 Å². The lowest BCUT2D eigenvalue weighted by Gasteiger charge is -2.03. The standard InChI is InChI=1S/C7H4Cl2F2N2O2/c8-2-3-1-4(13(14)15)12-6(5(3)9)7(10)11/h1,7H,2H2. The Bertz CT molecular complexity index is 401. The lowest BCUT2D eigenvalue weighted by Crippen LogP contribution is -2.01. The molecule has 0 amide bonds. The number of hydrogen-bond acceptors (Lipinski definition) is 3. The van der Waals surface area contributed by atoms with Gasteiger partial charge in [0.25, 0.3) is 0 Å². The van der Waals surface area contributed by atoms with Crippen LogP contribution in [0.3, 0.4) is 0 Å². The molecule has 1 aromatic rings. The minimum atomic E-state index is -2.97. The summed E-state index contributed by atoms with van der Waals surface area (Å²) < 4.78 is 24.7. The van der Waals surface area contributed by atoms with Crippen LogP contribution in [-0.4, -0.2) is 9.91 Å². The molecule has 1 heterocycles. The van der Waals surface area contributed by atoms with Gasteiger partial charge in [-0.25, -0.2) is 8.78 Å². The van der Waals surface area contributed by atoms with E-state index in [4.69, 9.17) is 23.2 Å². The van der Waals surface area contributed by atoms with Crippen molar-refractivity contribution in [3.8, 4) is 0 Å². The monoisotopic (exact) mass is 256 g/mol. The van der Waals surface area contributed by atoms with Crippen LogP contribution in [0.15, 0.2) is 6.07 Å². The molecule has 0 aliphatic carbocycles. The Kier molecular flexibility index (Phi) is 3.76. The van der Waals surface area contributed by atoms with Gasteiger partial charge in [-0.2, -0.15) is 0 Å². The van der Waals surface area contributed by atoms with E-state index in [0.717, 1.165) is 6.07 Å². The van der Waals surface area contributed by atoms with Crippen LogP contribution in [0.1, 0.15) is 17.7 Å². The van der Waals surface area contributed by atoms with Gasteiger partial charge in [0.1, 0.15) is 0 Å². The molecule has 4 nitrogen and oxygen atoms in total. The smallest absolute Gasteiger partial charge is 0.358 e. The molecule has 0 saturated heterocycles. The van der Waals surface area contributed by atoms with E-state index in [9.17, 15) is 18.9 Å². The molecule has 0 atom stereocenters. The molecule has 0 saturated carbocycles. The Morgan fingerprint density at radius 2 is 2.20 bits per heavy atom. The first kappa shape index (κ1) is 12.1. The zero-order valence-electron chi connectivity index (χ0n) is 7.08. The third kappa shape index (κ3) is 2.51. The zero-order valence-corrected chi connectivity index (χ0v) is 8.60. The summed E-state index contributed by atoms with van der Waals surface area (Å²) in [6.07, 6.45) is -2.97. The highest BCUT2D eigenvalue weighted by molar-refractivity contribution is 6.32. The second-order valence-electron chi connectivity index (χ2n) is 2.53. The fourth-order valence-electron chi connectivity index (χ4n) is 0.924. The number of halogens is 4. The van der Waals surface area contributed by atoms with E-state index in [0.29, 0.717) is 0 Å². The first-order valence-electron chi connectivity index (χ1n) is 3.65. The maximum Gasteiger partial charge on any atom is 0.364 e. The predicted molar refractivity (Wildman–Crippen MR) is 50.4 cm³/mol. The third-order valence-electron chi connectivity index (χ3n) is 1.58. The van der Waals surface area contributed by atoms with Crippen LogP contribution in [0.4, 0.5) is 14.6 Å². The number of aromatic nitrogens is 1. The van der Waals surface area contributed by atoms with Crippen molar-refractivity contribution in [2.24, 2.45) is 0 Å². The van der Waals surface area contributed by atoms with Crippen molar-refractivity contribution < 1.29 is 13.7 Å². The first-order chi connectivity index (χ1) is 6.97. The van der Waals surface area contributed by atoms with Crippen molar-refractivity contribution >= 4 is 29.0 Å². The Morgan fingerprint density at radius 3 is 2.60 bits per heavy atom. The molecule has 1 aromatic heterocycles. The summed E-state index contributed by atoms with van der Waals surface area (Å²) in [6.45, 7) is 0. The minimum Gasteiger partial charge on any atom is -0.358 e. The van der Waals surface area contributed by atoms with Crippen LogP contribution >= 0.6 is 23.2 Å². The molecule has 0 bridgehead atoms. The van der Waals surface area contributed by atoms with Crippen molar-refractivity contribution in [3.63, 3.8) is 0 Å². The van der Waals surface area contributed by atoms with Crippen molar-refractivity contribution in [1.82, 2.24) is 4.98 Å². The van der Waals surface area contributed by atoms with Gasteiger partial charge in [0.15, 0.2) is 0 Å². The topological polar surface area (TPSA) is 56.0 Å². The largest absolute Gasteiger partial charge is 0.364 e. The van der Waals surface area contributed by atoms with Crippen LogP contribution in [-0.2, 0) is 5.88 Å². The maximum atomic E-state index is 12.4. The molecule has 82 valence electrons. The van der Waals surface area contributed by atoms with Gasteiger partial charge in [-0.1, -0.05) is 11.6 Å². The number of hydrogen-bond donors (Lipinski definition) is 0. The summed E-state index contributed by atoms with van der Waals surface area (Å²) in [5.41, 5.74) is -0.753. The molecular formula is C7H4Cl2F2N2O2. The van der Waals surface area contributed by atoms with E-state index in [1.165, 1.54) is 0 Å². The molecule has 0 fully saturated rings. The van der Waals surface area contributed by atoms with Crippen LogP contribution < -0.4 is 0 Å². The van der Waals surface area contributed by atoms with E-state index >= 15 is 0 Å². The highest BCUT2D eigenvalue weighted by atomic mass is 35.5. The summed E-state index contributed by atoms with van der Waals surface area (Å²) in [6, 6.07) is 0.973. The number of nitrogens with zero attached hydrogens (tertiary/aromatic N) is 2. The molecule has 15 heavy (non-hydrogen) atoms. The summed E-state index contributed by atoms with van der Waals surface area (Å²) in [5.74, 6) is -0.882. The summed E-state index contributed by atoms with van der Waals surface area (Å²) in [4.78, 5) is 12.6. The molecular weight excluding hydrogens is 253 g/mol. The summed E-state index contributed by atoms with van der Waals surface area (Å²) >= 11 is 10.9. The normalized spacial score (nSPS) is 10.7. The second-order valence-corrected chi connectivity index (χ2v) is 3.18. The van der Waals surface area contributed by atoms with Gasteiger partial charge < -0.3 is 10.1 Å². The van der Waals surface area contributed by atoms with E-state index in [1.807, 2.05) is 0 Å². The lowest BCUT2D eigenvalue weighted by molar-refractivity contribution is -0.389. The van der Waals surface area contributed by atoms with Crippen molar-refractivity contribution in [2.45, 2.75) is 12.3 Å². The molecule has 8 heteroatoms. The minimum absolute atomic E-state index is 0.0651. The Labute approximate surface area is 93.0 Å². The third-order valence-corrected chi connectivity index (χ3v) is 2.31. The number of alkyl halides is 3. The van der Waals surface area contributed by atoms with Gasteiger partial charge in [0.05, 0.1) is 5.02 Å². The molecule has 0 spiro atoms. The second kappa shape index (κ2) is 4.67. The fraction of sp³-hybridized carbons (Fsp3) is 0.286. The van der Waals surface area contributed by atoms with Crippen LogP contribution in [0, 0.1) is 10.1 Å². The van der Waals surface area contributed by atoms with Gasteiger partial charge in [0.2, 0.25) is 5.69 Å². The van der Waals surface area contributed by atoms with Gasteiger partial charge >= 0.3 is 12.2 Å². The van der Waals surface area contributed by atoms with Gasteiger partial charge in [-0.15, -0.1) is 11.6 Å². The molecule has 0 aliphatic heterocycles. The molecule has 0 N–H and O–H groups in total. The fourth-order valence-corrected chi connectivity index (χ4v) is 1.45. The maximum absolute atomic E-state index is 12.4. The van der Waals surface area contributed by atoms with Gasteiger partial charge in [0, 0.05) is 11.9 Å². The first-order valence-corrected chi connectivity index (χ1v) is 4.56. The van der Waals surface area contributed by atoms with Crippen LogP contribution in [0.5, 0.6) is 0 Å². The number of nitro groups is 1. The molecule has 1 rings (SSSR count). The number of rotatable bonds is 3. The zero-order chi connectivity index (χ0) is 11.6. The van der Waals surface area contributed by atoms with Crippen molar-refractivity contribution in [2.75, 3.05) is 0 Å². The van der Waals surface area contributed by atoms with E-state index in [-0.39, 0.29) is 16.5 Å². The van der Waals surface area contributed by atoms with E-state index in [1.54, 1.807) is 0 Å². The Balaban J connectivity index is 3.38. The highest BCUT2D eigenvalue weighted by Gasteiger charge is 2.25. The average Bonchev–Trinajstić information content (AvgIpc) is 2.17. The molecule has 0 unspecified atom stereocenters. The Morgan fingerprint density at radius 1 is 1.60 bits per heavy atom. The summed E-state index contributed by atoms with van der Waals surface area (Å²) in [7, 11) is 0. The summed E-state index contributed by atoms with van der Waals surface area (Å²) in [5, 5.41) is 10.0. The highest BCUT2D eigenvalue weighted by Crippen LogP contribution is 2.31. The van der Waals surface area contributed by atoms with Crippen LogP contribution in [0.25, 0.3) is 0 Å². The Hall–Kier alpha value is -1.01. The SMILES string of the molecule is O=[N+]([O-])c1cc(CCl)c(Cl)c(C(F)F)n1. The van der Waals surface area contributed by atoms with Gasteiger partial charge in [-0.3, -0.25) is 0 Å². The molecule has 0 aromatic carbocycles. The quantitative estimate of drug-likeness (QED) is 0.474. The van der Waals surface area contributed by atoms with Crippen LogP contribution in [0.2, 0.25) is 5.02 Å². The molecule has 0 aliphatic rings. The van der Waals surface area contributed by atoms with Crippen molar-refractivity contribution in [1.29, 1.82) is 0 Å². The van der Waals surface area contributed by atoms with Gasteiger partial charge in [-0.05, 0) is 15.5 Å².